The number of hydrogen-bond donors (Lipinski definition) is 1. The Balaban J connectivity index is 2.65. The van der Waals surface area contributed by atoms with E-state index in [-0.39, 0.29) is 11.8 Å². The number of nitrogens with two attached hydrogens (primary N) is 1. The van der Waals surface area contributed by atoms with Gasteiger partial charge in [0.25, 0.3) is 0 Å². The molecule has 0 spiro atoms. The van der Waals surface area contributed by atoms with E-state index < -0.39 is 6.36 Å². The van der Waals surface area contributed by atoms with Gasteiger partial charge < -0.3 is 15.4 Å². The molecular weight excluding hydrogens is 245 g/mol. The zero-order chi connectivity index (χ0) is 13.8. The van der Waals surface area contributed by atoms with Crippen molar-refractivity contribution < 1.29 is 17.9 Å². The first-order valence-corrected chi connectivity index (χ1v) is 5.55. The molecule has 0 heterocycles. The molecule has 0 radical (unpaired) electrons. The summed E-state index contributed by atoms with van der Waals surface area (Å²) >= 11 is 0. The van der Waals surface area contributed by atoms with Crippen molar-refractivity contribution in [2.45, 2.75) is 25.9 Å². The topological polar surface area (TPSA) is 38.5 Å². The molecule has 0 saturated heterocycles. The van der Waals surface area contributed by atoms with E-state index in [0.717, 1.165) is 5.56 Å². The van der Waals surface area contributed by atoms with Crippen LogP contribution in [0.4, 0.5) is 13.2 Å². The second-order valence-electron chi connectivity index (χ2n) is 4.37. The SMILES string of the molecule is CC(N)CN(C)Cc1cccc(OC(F)(F)F)c1. The molecule has 102 valence electrons. The molecule has 18 heavy (non-hydrogen) atoms. The van der Waals surface area contributed by atoms with Gasteiger partial charge in [-0.2, -0.15) is 0 Å². The first kappa shape index (κ1) is 14.8. The number of rotatable bonds is 5. The van der Waals surface area contributed by atoms with E-state index in [1.165, 1.54) is 18.2 Å². The maximum Gasteiger partial charge on any atom is 0.573 e. The lowest BCUT2D eigenvalue weighted by Crippen LogP contribution is -2.32. The summed E-state index contributed by atoms with van der Waals surface area (Å²) in [6, 6.07) is 5.97. The van der Waals surface area contributed by atoms with Crippen LogP contribution in [-0.4, -0.2) is 30.9 Å². The van der Waals surface area contributed by atoms with Crippen LogP contribution in [0.5, 0.6) is 5.75 Å². The van der Waals surface area contributed by atoms with Crippen LogP contribution < -0.4 is 10.5 Å². The van der Waals surface area contributed by atoms with E-state index in [1.807, 2.05) is 18.9 Å². The predicted octanol–water partition coefficient (Wildman–Crippen LogP) is 2.36. The van der Waals surface area contributed by atoms with Gasteiger partial charge in [-0.05, 0) is 31.7 Å². The molecule has 1 unspecified atom stereocenters. The van der Waals surface area contributed by atoms with Crippen LogP contribution in [0.3, 0.4) is 0 Å². The lowest BCUT2D eigenvalue weighted by Gasteiger charge is -2.19. The normalized spacial score (nSPS) is 13.7. The first-order valence-electron chi connectivity index (χ1n) is 5.55. The highest BCUT2D eigenvalue weighted by atomic mass is 19.4. The van der Waals surface area contributed by atoms with Gasteiger partial charge in [-0.1, -0.05) is 12.1 Å². The van der Waals surface area contributed by atoms with Crippen LogP contribution in [0.15, 0.2) is 24.3 Å². The van der Waals surface area contributed by atoms with Crippen LogP contribution in [0.25, 0.3) is 0 Å². The zero-order valence-corrected chi connectivity index (χ0v) is 10.4. The number of benzene rings is 1. The molecule has 1 atom stereocenters. The van der Waals surface area contributed by atoms with Crippen molar-refractivity contribution in [2.24, 2.45) is 5.73 Å². The summed E-state index contributed by atoms with van der Waals surface area (Å²) in [6.45, 7) is 3.07. The lowest BCUT2D eigenvalue weighted by atomic mass is 10.2. The van der Waals surface area contributed by atoms with Crippen molar-refractivity contribution in [1.82, 2.24) is 4.90 Å². The van der Waals surface area contributed by atoms with E-state index in [2.05, 4.69) is 4.74 Å². The molecule has 1 aromatic carbocycles. The molecule has 0 amide bonds. The third-order valence-corrected chi connectivity index (χ3v) is 2.18. The fourth-order valence-electron chi connectivity index (χ4n) is 1.71. The van der Waals surface area contributed by atoms with Gasteiger partial charge in [0.15, 0.2) is 0 Å². The van der Waals surface area contributed by atoms with Gasteiger partial charge in [-0.25, -0.2) is 0 Å². The number of hydrogen-bond acceptors (Lipinski definition) is 3. The summed E-state index contributed by atoms with van der Waals surface area (Å²) in [5, 5.41) is 0. The molecule has 0 aliphatic carbocycles. The highest BCUT2D eigenvalue weighted by molar-refractivity contribution is 5.28. The minimum absolute atomic E-state index is 0.0182. The predicted molar refractivity (Wildman–Crippen MR) is 63.1 cm³/mol. The van der Waals surface area contributed by atoms with Crippen molar-refractivity contribution in [3.8, 4) is 5.75 Å². The average molecular weight is 262 g/mol. The van der Waals surface area contributed by atoms with E-state index in [4.69, 9.17) is 5.73 Å². The minimum atomic E-state index is -4.66. The average Bonchev–Trinajstić information content (AvgIpc) is 2.13. The highest BCUT2D eigenvalue weighted by Crippen LogP contribution is 2.23. The van der Waals surface area contributed by atoms with E-state index in [9.17, 15) is 13.2 Å². The van der Waals surface area contributed by atoms with Gasteiger partial charge >= 0.3 is 6.36 Å². The second-order valence-corrected chi connectivity index (χ2v) is 4.37. The van der Waals surface area contributed by atoms with Gasteiger partial charge in [0.1, 0.15) is 5.75 Å². The van der Waals surface area contributed by atoms with Crippen LogP contribution in [0.2, 0.25) is 0 Å². The fraction of sp³-hybridized carbons (Fsp3) is 0.500. The minimum Gasteiger partial charge on any atom is -0.406 e. The quantitative estimate of drug-likeness (QED) is 0.885. The molecule has 0 aliphatic heterocycles. The van der Waals surface area contributed by atoms with E-state index in [1.54, 1.807) is 6.07 Å². The zero-order valence-electron chi connectivity index (χ0n) is 10.4. The summed E-state index contributed by atoms with van der Waals surface area (Å²) < 4.78 is 40.0. The summed E-state index contributed by atoms with van der Waals surface area (Å²) in [6.07, 6.45) is -4.66. The number of alkyl halides is 3. The number of nitrogens with zero attached hydrogens (tertiary/aromatic N) is 1. The molecule has 0 fully saturated rings. The molecule has 6 heteroatoms. The Morgan fingerprint density at radius 1 is 1.39 bits per heavy atom. The largest absolute Gasteiger partial charge is 0.573 e. The Morgan fingerprint density at radius 2 is 2.06 bits per heavy atom. The Bertz CT molecular complexity index is 380. The maximum atomic E-state index is 12.1. The number of halogens is 3. The van der Waals surface area contributed by atoms with E-state index >= 15 is 0 Å². The van der Waals surface area contributed by atoms with Crippen LogP contribution in [-0.2, 0) is 6.54 Å². The molecule has 0 bridgehead atoms. The van der Waals surface area contributed by atoms with Gasteiger partial charge in [-0.3, -0.25) is 0 Å². The van der Waals surface area contributed by atoms with Crippen molar-refractivity contribution in [3.05, 3.63) is 29.8 Å². The van der Waals surface area contributed by atoms with Gasteiger partial charge in [0, 0.05) is 19.1 Å². The Labute approximate surface area is 104 Å². The highest BCUT2D eigenvalue weighted by Gasteiger charge is 2.31. The van der Waals surface area contributed by atoms with Crippen molar-refractivity contribution in [1.29, 1.82) is 0 Å². The monoisotopic (exact) mass is 262 g/mol. The summed E-state index contributed by atoms with van der Waals surface area (Å²) in [5.74, 6) is -0.200. The maximum absolute atomic E-state index is 12.1. The second kappa shape index (κ2) is 6.06. The van der Waals surface area contributed by atoms with Gasteiger partial charge in [-0.15, -0.1) is 13.2 Å². The first-order chi connectivity index (χ1) is 8.26. The number of ether oxygens (including phenoxy) is 1. The molecule has 3 nitrogen and oxygen atoms in total. The fourth-order valence-corrected chi connectivity index (χ4v) is 1.71. The lowest BCUT2D eigenvalue weighted by molar-refractivity contribution is -0.274. The van der Waals surface area contributed by atoms with E-state index in [0.29, 0.717) is 13.1 Å². The molecular formula is C12H17F3N2O. The smallest absolute Gasteiger partial charge is 0.406 e. The Hall–Kier alpha value is -1.27. The molecule has 0 aromatic heterocycles. The molecule has 1 rings (SSSR count). The van der Waals surface area contributed by atoms with Gasteiger partial charge in [0.05, 0.1) is 0 Å². The van der Waals surface area contributed by atoms with Crippen molar-refractivity contribution in [3.63, 3.8) is 0 Å². The van der Waals surface area contributed by atoms with Crippen LogP contribution >= 0.6 is 0 Å². The molecule has 2 N–H and O–H groups in total. The summed E-state index contributed by atoms with van der Waals surface area (Å²) in [4.78, 5) is 1.94. The van der Waals surface area contributed by atoms with Crippen molar-refractivity contribution >= 4 is 0 Å². The molecule has 0 saturated carbocycles. The number of likely N-dealkylation sites (N-methyl/N-ethyl adjacent to an activating group) is 1. The third-order valence-electron chi connectivity index (χ3n) is 2.18. The summed E-state index contributed by atoms with van der Waals surface area (Å²) in [7, 11) is 1.86. The van der Waals surface area contributed by atoms with Crippen LogP contribution in [0.1, 0.15) is 12.5 Å². The Kier molecular flexibility index (Phi) is 4.98. The third kappa shape index (κ3) is 5.88. The standard InChI is InChI=1S/C12H17F3N2O/c1-9(16)7-17(2)8-10-4-3-5-11(6-10)18-12(13,14)15/h3-6,9H,7-8,16H2,1-2H3. The molecule has 1 aromatic rings. The van der Waals surface area contributed by atoms with Crippen molar-refractivity contribution in [2.75, 3.05) is 13.6 Å². The Morgan fingerprint density at radius 3 is 2.61 bits per heavy atom. The van der Waals surface area contributed by atoms with Gasteiger partial charge in [0.2, 0.25) is 0 Å². The van der Waals surface area contributed by atoms with Crippen LogP contribution in [0, 0.1) is 0 Å². The molecule has 0 aliphatic rings. The summed E-state index contributed by atoms with van der Waals surface area (Å²) in [5.41, 5.74) is 6.39.